The predicted octanol–water partition coefficient (Wildman–Crippen LogP) is 4.98. The van der Waals surface area contributed by atoms with Crippen molar-refractivity contribution < 1.29 is 14.3 Å². The summed E-state index contributed by atoms with van der Waals surface area (Å²) >= 11 is 1.60. The Labute approximate surface area is 172 Å². The van der Waals surface area contributed by atoms with E-state index in [1.54, 1.807) is 35.6 Å². The fourth-order valence-corrected chi connectivity index (χ4v) is 4.18. The van der Waals surface area contributed by atoms with Crippen LogP contribution in [0.4, 0.5) is 5.69 Å². The van der Waals surface area contributed by atoms with Gasteiger partial charge in [-0.15, -0.1) is 11.3 Å². The standard InChI is InChI=1S/C23H20N2O3S/c1-28-23(27)17-9-5-6-10-18(17)24-22(26)20-15-21-19(12-14-29-21)25(20)13-11-16-7-3-2-4-8-16/h2-10,12,14-15H,11,13H2,1H3,(H,24,26). The molecule has 0 fully saturated rings. The molecule has 0 spiro atoms. The van der Waals surface area contributed by atoms with Gasteiger partial charge in [0.25, 0.3) is 5.91 Å². The molecular weight excluding hydrogens is 384 g/mol. The van der Waals surface area contributed by atoms with Crippen LogP contribution in [0.2, 0.25) is 0 Å². The SMILES string of the molecule is COC(=O)c1ccccc1NC(=O)c1cc2sccc2n1CCc1ccccc1. The van der Waals surface area contributed by atoms with Crippen molar-refractivity contribution in [1.29, 1.82) is 0 Å². The molecule has 0 bridgehead atoms. The Morgan fingerprint density at radius 3 is 2.59 bits per heavy atom. The zero-order valence-corrected chi connectivity index (χ0v) is 16.7. The number of esters is 1. The van der Waals surface area contributed by atoms with Gasteiger partial charge in [0, 0.05) is 6.54 Å². The van der Waals surface area contributed by atoms with Crippen LogP contribution in [-0.2, 0) is 17.7 Å². The number of fused-ring (bicyclic) bond motifs is 1. The molecule has 146 valence electrons. The van der Waals surface area contributed by atoms with Gasteiger partial charge in [-0.25, -0.2) is 4.79 Å². The predicted molar refractivity (Wildman–Crippen MR) is 116 cm³/mol. The van der Waals surface area contributed by atoms with Crippen molar-refractivity contribution in [2.75, 3.05) is 12.4 Å². The summed E-state index contributed by atoms with van der Waals surface area (Å²) in [5.41, 5.74) is 3.59. The highest BCUT2D eigenvalue weighted by molar-refractivity contribution is 7.17. The van der Waals surface area contributed by atoms with E-state index < -0.39 is 5.97 Å². The van der Waals surface area contributed by atoms with E-state index in [4.69, 9.17) is 4.74 Å². The van der Waals surface area contributed by atoms with Crippen molar-refractivity contribution >= 4 is 39.1 Å². The summed E-state index contributed by atoms with van der Waals surface area (Å²) in [5, 5.41) is 4.90. The highest BCUT2D eigenvalue weighted by Crippen LogP contribution is 2.27. The number of thiophene rings is 1. The van der Waals surface area contributed by atoms with Crippen LogP contribution in [0.3, 0.4) is 0 Å². The molecule has 0 aliphatic heterocycles. The summed E-state index contributed by atoms with van der Waals surface area (Å²) in [6.45, 7) is 0.686. The van der Waals surface area contributed by atoms with Gasteiger partial charge in [0.05, 0.1) is 28.6 Å². The molecule has 0 saturated heterocycles. The first kappa shape index (κ1) is 19.0. The van der Waals surface area contributed by atoms with E-state index in [9.17, 15) is 9.59 Å². The molecule has 2 heterocycles. The number of hydrogen-bond acceptors (Lipinski definition) is 4. The minimum absolute atomic E-state index is 0.252. The number of hydrogen-bond donors (Lipinski definition) is 1. The van der Waals surface area contributed by atoms with Gasteiger partial charge in [-0.05, 0) is 41.6 Å². The first-order valence-electron chi connectivity index (χ1n) is 9.26. The van der Waals surface area contributed by atoms with Crippen molar-refractivity contribution in [3.63, 3.8) is 0 Å². The molecule has 5 nitrogen and oxygen atoms in total. The van der Waals surface area contributed by atoms with Crippen LogP contribution in [0.25, 0.3) is 10.2 Å². The number of carbonyl (C=O) groups excluding carboxylic acids is 2. The molecule has 0 radical (unpaired) electrons. The van der Waals surface area contributed by atoms with Gasteiger partial charge >= 0.3 is 5.97 Å². The topological polar surface area (TPSA) is 60.3 Å². The molecular formula is C23H20N2O3S. The van der Waals surface area contributed by atoms with Gasteiger partial charge in [-0.2, -0.15) is 0 Å². The number of benzene rings is 2. The Kier molecular flexibility index (Phi) is 5.44. The summed E-state index contributed by atoms with van der Waals surface area (Å²) in [6.07, 6.45) is 0.819. The number of para-hydroxylation sites is 1. The van der Waals surface area contributed by atoms with Gasteiger partial charge in [-0.3, -0.25) is 4.79 Å². The van der Waals surface area contributed by atoms with E-state index in [1.807, 2.05) is 40.3 Å². The van der Waals surface area contributed by atoms with Crippen LogP contribution in [0, 0.1) is 0 Å². The van der Waals surface area contributed by atoms with Gasteiger partial charge in [-0.1, -0.05) is 42.5 Å². The van der Waals surface area contributed by atoms with Crippen molar-refractivity contribution in [3.8, 4) is 0 Å². The van der Waals surface area contributed by atoms with E-state index in [1.165, 1.54) is 12.7 Å². The summed E-state index contributed by atoms with van der Waals surface area (Å²) in [6, 6.07) is 21.0. The number of nitrogens with one attached hydrogen (secondary N) is 1. The van der Waals surface area contributed by atoms with Gasteiger partial charge in [0.1, 0.15) is 5.69 Å². The first-order chi connectivity index (χ1) is 14.2. The molecule has 4 rings (SSSR count). The average molecular weight is 404 g/mol. The third-order valence-electron chi connectivity index (χ3n) is 4.80. The molecule has 6 heteroatoms. The molecule has 0 unspecified atom stereocenters. The van der Waals surface area contributed by atoms with Gasteiger partial charge < -0.3 is 14.6 Å². The van der Waals surface area contributed by atoms with Crippen molar-refractivity contribution in [3.05, 3.63) is 88.9 Å². The number of rotatable bonds is 6. The molecule has 1 N–H and O–H groups in total. The maximum absolute atomic E-state index is 13.1. The smallest absolute Gasteiger partial charge is 0.339 e. The lowest BCUT2D eigenvalue weighted by atomic mass is 10.1. The molecule has 1 amide bonds. The van der Waals surface area contributed by atoms with Crippen LogP contribution < -0.4 is 5.32 Å². The molecule has 4 aromatic rings. The van der Waals surface area contributed by atoms with E-state index in [2.05, 4.69) is 17.4 Å². The van der Waals surface area contributed by atoms with Crippen LogP contribution in [-0.4, -0.2) is 23.6 Å². The Hall–Kier alpha value is -3.38. The summed E-state index contributed by atoms with van der Waals surface area (Å²) in [7, 11) is 1.32. The Morgan fingerprint density at radius 2 is 1.79 bits per heavy atom. The number of anilines is 1. The molecule has 0 aliphatic rings. The summed E-state index contributed by atoms with van der Waals surface area (Å²) in [4.78, 5) is 25.1. The van der Waals surface area contributed by atoms with Crippen molar-refractivity contribution in [1.82, 2.24) is 4.57 Å². The number of nitrogens with zero attached hydrogens (tertiary/aromatic N) is 1. The average Bonchev–Trinajstić information content (AvgIpc) is 3.34. The van der Waals surface area contributed by atoms with E-state index >= 15 is 0 Å². The lowest BCUT2D eigenvalue weighted by Crippen LogP contribution is -2.19. The second-order valence-electron chi connectivity index (χ2n) is 6.58. The van der Waals surface area contributed by atoms with Crippen LogP contribution >= 0.6 is 11.3 Å². The molecule has 0 aliphatic carbocycles. The monoisotopic (exact) mass is 404 g/mol. The number of ether oxygens (including phenoxy) is 1. The van der Waals surface area contributed by atoms with E-state index in [-0.39, 0.29) is 5.91 Å². The lowest BCUT2D eigenvalue weighted by Gasteiger charge is -2.13. The van der Waals surface area contributed by atoms with Gasteiger partial charge in [0.15, 0.2) is 0 Å². The second kappa shape index (κ2) is 8.32. The fraction of sp³-hybridized carbons (Fsp3) is 0.130. The van der Waals surface area contributed by atoms with Crippen LogP contribution in [0.15, 0.2) is 72.1 Å². The third kappa shape index (κ3) is 3.93. The number of aryl methyl sites for hydroxylation is 2. The Balaban J connectivity index is 1.63. The van der Waals surface area contributed by atoms with Crippen LogP contribution in [0.1, 0.15) is 26.4 Å². The fourth-order valence-electron chi connectivity index (χ4n) is 3.36. The van der Waals surface area contributed by atoms with Crippen molar-refractivity contribution in [2.45, 2.75) is 13.0 Å². The minimum Gasteiger partial charge on any atom is -0.465 e. The Morgan fingerprint density at radius 1 is 1.03 bits per heavy atom. The molecule has 2 aromatic heterocycles. The number of amides is 1. The number of carbonyl (C=O) groups is 2. The zero-order chi connectivity index (χ0) is 20.2. The third-order valence-corrected chi connectivity index (χ3v) is 5.66. The maximum atomic E-state index is 13.1. The highest BCUT2D eigenvalue weighted by Gasteiger charge is 2.19. The molecule has 0 saturated carbocycles. The second-order valence-corrected chi connectivity index (χ2v) is 7.53. The lowest BCUT2D eigenvalue weighted by molar-refractivity contribution is 0.0602. The maximum Gasteiger partial charge on any atom is 0.339 e. The molecule has 2 aromatic carbocycles. The summed E-state index contributed by atoms with van der Waals surface area (Å²) < 4.78 is 7.91. The quantitative estimate of drug-likeness (QED) is 0.461. The largest absolute Gasteiger partial charge is 0.465 e. The summed E-state index contributed by atoms with van der Waals surface area (Å²) in [5.74, 6) is -0.737. The van der Waals surface area contributed by atoms with Crippen LogP contribution in [0.5, 0.6) is 0 Å². The van der Waals surface area contributed by atoms with Gasteiger partial charge in [0.2, 0.25) is 0 Å². The van der Waals surface area contributed by atoms with E-state index in [0.717, 1.165) is 16.6 Å². The normalized spacial score (nSPS) is 10.8. The number of methoxy groups -OCH3 is 1. The molecule has 29 heavy (non-hydrogen) atoms. The Bertz CT molecular complexity index is 1160. The highest BCUT2D eigenvalue weighted by atomic mass is 32.1. The van der Waals surface area contributed by atoms with E-state index in [0.29, 0.717) is 23.5 Å². The number of aromatic nitrogens is 1. The van der Waals surface area contributed by atoms with Crippen molar-refractivity contribution in [2.24, 2.45) is 0 Å². The molecule has 0 atom stereocenters. The first-order valence-corrected chi connectivity index (χ1v) is 10.1. The zero-order valence-electron chi connectivity index (χ0n) is 15.9. The minimum atomic E-state index is -0.485.